The molecule has 9 heteroatoms. The first kappa shape index (κ1) is 15.9. The molecule has 1 rings (SSSR count). The molecule has 108 valence electrons. The first-order valence-electron chi connectivity index (χ1n) is 5.13. The summed E-state index contributed by atoms with van der Waals surface area (Å²) in [4.78, 5) is -0.297. The van der Waals surface area contributed by atoms with Crippen molar-refractivity contribution in [1.29, 1.82) is 0 Å². The Labute approximate surface area is 107 Å². The standard InChI is InChI=1S/C10H12F4N2O2S/c11-9(12)10(13,14)6-16-19(17,18)8-3-1-7(5-15)2-4-8/h1-4,9,16H,5-6,15H2. The normalized spacial score (nSPS) is 12.9. The third-order valence-corrected chi connectivity index (χ3v) is 3.70. The van der Waals surface area contributed by atoms with E-state index in [-0.39, 0.29) is 11.4 Å². The van der Waals surface area contributed by atoms with Gasteiger partial charge in [-0.15, -0.1) is 0 Å². The highest BCUT2D eigenvalue weighted by Crippen LogP contribution is 2.22. The van der Waals surface area contributed by atoms with Crippen molar-refractivity contribution in [1.82, 2.24) is 4.72 Å². The molecule has 0 saturated heterocycles. The number of hydrogen-bond donors (Lipinski definition) is 2. The van der Waals surface area contributed by atoms with Gasteiger partial charge in [0.05, 0.1) is 11.4 Å². The van der Waals surface area contributed by atoms with Crippen LogP contribution in [-0.2, 0) is 16.6 Å². The molecule has 0 aliphatic rings. The number of sulfonamides is 1. The fourth-order valence-corrected chi connectivity index (χ4v) is 2.20. The number of alkyl halides is 4. The minimum absolute atomic E-state index is 0.192. The van der Waals surface area contributed by atoms with Gasteiger partial charge in [-0.3, -0.25) is 0 Å². The van der Waals surface area contributed by atoms with Crippen LogP contribution in [0.5, 0.6) is 0 Å². The Bertz CT molecular complexity index is 517. The topological polar surface area (TPSA) is 72.2 Å². The number of hydrogen-bond acceptors (Lipinski definition) is 3. The Hall–Kier alpha value is -1.19. The van der Waals surface area contributed by atoms with Gasteiger partial charge in [-0.2, -0.15) is 8.78 Å². The summed E-state index contributed by atoms with van der Waals surface area (Å²) >= 11 is 0. The molecular weight excluding hydrogens is 288 g/mol. The van der Waals surface area contributed by atoms with Gasteiger partial charge in [0, 0.05) is 6.54 Å². The molecule has 0 amide bonds. The quantitative estimate of drug-likeness (QED) is 0.778. The maximum Gasteiger partial charge on any atom is 0.320 e. The fraction of sp³-hybridized carbons (Fsp3) is 0.400. The number of benzene rings is 1. The van der Waals surface area contributed by atoms with Gasteiger partial charge in [-0.05, 0) is 17.7 Å². The molecule has 0 saturated carbocycles. The van der Waals surface area contributed by atoms with Crippen LogP contribution < -0.4 is 10.5 Å². The molecule has 19 heavy (non-hydrogen) atoms. The summed E-state index contributed by atoms with van der Waals surface area (Å²) in [5.41, 5.74) is 5.96. The smallest absolute Gasteiger partial charge is 0.320 e. The fourth-order valence-electron chi connectivity index (χ4n) is 1.16. The lowest BCUT2D eigenvalue weighted by Gasteiger charge is -2.15. The van der Waals surface area contributed by atoms with E-state index in [1.165, 1.54) is 16.9 Å². The third kappa shape index (κ3) is 4.15. The van der Waals surface area contributed by atoms with E-state index in [2.05, 4.69) is 0 Å². The van der Waals surface area contributed by atoms with E-state index in [0.717, 1.165) is 12.1 Å². The molecule has 3 N–H and O–H groups in total. The average molecular weight is 300 g/mol. The molecule has 0 aliphatic carbocycles. The van der Waals surface area contributed by atoms with Crippen LogP contribution in [0, 0.1) is 0 Å². The summed E-state index contributed by atoms with van der Waals surface area (Å²) in [7, 11) is -4.26. The molecule has 0 aromatic heterocycles. The molecule has 0 fully saturated rings. The average Bonchev–Trinajstić information content (AvgIpc) is 2.36. The van der Waals surface area contributed by atoms with Crippen LogP contribution in [0.25, 0.3) is 0 Å². The van der Waals surface area contributed by atoms with E-state index in [1.54, 1.807) is 0 Å². The lowest BCUT2D eigenvalue weighted by Crippen LogP contribution is -2.41. The van der Waals surface area contributed by atoms with E-state index in [1.807, 2.05) is 0 Å². The second-order valence-corrected chi connectivity index (χ2v) is 5.50. The molecule has 0 radical (unpaired) electrons. The van der Waals surface area contributed by atoms with E-state index < -0.39 is 28.9 Å². The summed E-state index contributed by atoms with van der Waals surface area (Å²) in [5.74, 6) is -4.41. The highest BCUT2D eigenvalue weighted by Gasteiger charge is 2.41. The van der Waals surface area contributed by atoms with E-state index >= 15 is 0 Å². The minimum Gasteiger partial charge on any atom is -0.326 e. The maximum atomic E-state index is 12.6. The van der Waals surface area contributed by atoms with Crippen molar-refractivity contribution in [3.8, 4) is 0 Å². The van der Waals surface area contributed by atoms with Gasteiger partial charge in [0.25, 0.3) is 0 Å². The summed E-state index contributed by atoms with van der Waals surface area (Å²) in [6.07, 6.45) is -3.94. The lowest BCUT2D eigenvalue weighted by atomic mass is 10.2. The van der Waals surface area contributed by atoms with Crippen LogP contribution in [0.2, 0.25) is 0 Å². The van der Waals surface area contributed by atoms with Crippen molar-refractivity contribution < 1.29 is 26.0 Å². The Morgan fingerprint density at radius 1 is 1.21 bits per heavy atom. The number of rotatable bonds is 6. The van der Waals surface area contributed by atoms with Crippen LogP contribution in [0.15, 0.2) is 29.2 Å². The number of nitrogens with one attached hydrogen (secondary N) is 1. The summed E-state index contributed by atoms with van der Waals surface area (Å²) in [6, 6.07) is 5.12. The summed E-state index contributed by atoms with van der Waals surface area (Å²) in [6.45, 7) is -1.47. The molecule has 4 nitrogen and oxygen atoms in total. The van der Waals surface area contributed by atoms with Crippen LogP contribution in [0.4, 0.5) is 17.6 Å². The minimum atomic E-state index is -4.41. The monoisotopic (exact) mass is 300 g/mol. The molecule has 0 aliphatic heterocycles. The van der Waals surface area contributed by atoms with Crippen molar-refractivity contribution in [2.75, 3.05) is 6.54 Å². The van der Waals surface area contributed by atoms with E-state index in [9.17, 15) is 26.0 Å². The second kappa shape index (κ2) is 5.85. The van der Waals surface area contributed by atoms with Gasteiger partial charge in [0.2, 0.25) is 10.0 Å². The Kier molecular flexibility index (Phi) is 4.88. The number of nitrogens with two attached hydrogens (primary N) is 1. The Balaban J connectivity index is 2.81. The molecule has 0 atom stereocenters. The number of halogens is 4. The predicted molar refractivity (Wildman–Crippen MR) is 60.5 cm³/mol. The molecular formula is C10H12F4N2O2S. The predicted octanol–water partition coefficient (Wildman–Crippen LogP) is 1.32. The van der Waals surface area contributed by atoms with Crippen molar-refractivity contribution in [2.24, 2.45) is 5.73 Å². The van der Waals surface area contributed by atoms with E-state index in [4.69, 9.17) is 5.73 Å². The Morgan fingerprint density at radius 3 is 2.16 bits per heavy atom. The van der Waals surface area contributed by atoms with Gasteiger partial charge in [0.15, 0.2) is 0 Å². The molecule has 1 aromatic rings. The Morgan fingerprint density at radius 2 is 1.74 bits per heavy atom. The van der Waals surface area contributed by atoms with E-state index in [0.29, 0.717) is 5.56 Å². The lowest BCUT2D eigenvalue weighted by molar-refractivity contribution is -0.122. The first-order valence-corrected chi connectivity index (χ1v) is 6.62. The SMILES string of the molecule is NCc1ccc(S(=O)(=O)NCC(F)(F)C(F)F)cc1. The van der Waals surface area contributed by atoms with Crippen LogP contribution in [0.3, 0.4) is 0 Å². The van der Waals surface area contributed by atoms with Crippen molar-refractivity contribution in [2.45, 2.75) is 23.8 Å². The summed E-state index contributed by atoms with van der Waals surface area (Å²) in [5, 5.41) is 0. The maximum absolute atomic E-state index is 12.6. The van der Waals surface area contributed by atoms with Gasteiger partial charge in [-0.1, -0.05) is 12.1 Å². The largest absolute Gasteiger partial charge is 0.326 e. The zero-order valence-corrected chi connectivity index (χ0v) is 10.4. The molecule has 0 heterocycles. The highest BCUT2D eigenvalue weighted by molar-refractivity contribution is 7.89. The van der Waals surface area contributed by atoms with Gasteiger partial charge >= 0.3 is 12.3 Å². The first-order chi connectivity index (χ1) is 8.69. The molecule has 0 unspecified atom stereocenters. The van der Waals surface area contributed by atoms with Gasteiger partial charge in [0.1, 0.15) is 0 Å². The van der Waals surface area contributed by atoms with Crippen molar-refractivity contribution >= 4 is 10.0 Å². The highest BCUT2D eigenvalue weighted by atomic mass is 32.2. The molecule has 1 aromatic carbocycles. The van der Waals surface area contributed by atoms with Crippen LogP contribution in [0.1, 0.15) is 5.56 Å². The van der Waals surface area contributed by atoms with Crippen molar-refractivity contribution in [3.05, 3.63) is 29.8 Å². The van der Waals surface area contributed by atoms with Gasteiger partial charge < -0.3 is 5.73 Å². The summed E-state index contributed by atoms with van der Waals surface area (Å²) < 4.78 is 73.6. The molecule has 0 spiro atoms. The zero-order chi connectivity index (χ0) is 14.7. The second-order valence-electron chi connectivity index (χ2n) is 3.73. The molecule has 0 bridgehead atoms. The van der Waals surface area contributed by atoms with Crippen LogP contribution >= 0.6 is 0 Å². The van der Waals surface area contributed by atoms with Crippen LogP contribution in [-0.4, -0.2) is 27.3 Å². The zero-order valence-electron chi connectivity index (χ0n) is 9.61. The third-order valence-electron chi connectivity index (χ3n) is 2.29. The van der Waals surface area contributed by atoms with Gasteiger partial charge in [-0.25, -0.2) is 21.9 Å². The van der Waals surface area contributed by atoms with Crippen molar-refractivity contribution in [3.63, 3.8) is 0 Å².